The van der Waals surface area contributed by atoms with Crippen molar-refractivity contribution in [3.63, 3.8) is 0 Å². The lowest BCUT2D eigenvalue weighted by molar-refractivity contribution is -0.144. The minimum absolute atomic E-state index is 0.125. The van der Waals surface area contributed by atoms with Gasteiger partial charge in [0.1, 0.15) is 11.9 Å². The summed E-state index contributed by atoms with van der Waals surface area (Å²) in [7, 11) is 0. The Morgan fingerprint density at radius 2 is 1.77 bits per heavy atom. The number of hydrogen-bond donors (Lipinski definition) is 0. The van der Waals surface area contributed by atoms with E-state index in [2.05, 4.69) is 13.2 Å². The number of hydrogen-bond acceptors (Lipinski definition) is 4. The summed E-state index contributed by atoms with van der Waals surface area (Å²) in [6.07, 6.45) is 2.08. The van der Waals surface area contributed by atoms with Crippen molar-refractivity contribution in [1.29, 1.82) is 0 Å². The van der Waals surface area contributed by atoms with Crippen LogP contribution < -0.4 is 4.74 Å². The predicted octanol–water partition coefficient (Wildman–Crippen LogP) is 3.14. The van der Waals surface area contributed by atoms with Gasteiger partial charge in [-0.2, -0.15) is 0 Å². The molecular weight excluding hydrogens is 280 g/mol. The van der Waals surface area contributed by atoms with Crippen LogP contribution in [0.25, 0.3) is 0 Å². The first-order valence-electron chi connectivity index (χ1n) is 7.23. The molecular formula is C18H20O4. The average molecular weight is 300 g/mol. The standard InChI is InChI=1S/C18H20O4/c1-11(2)17(19)21-15-7-5-14-10-16(8-6-13(14)9-15)22-18(20)12(3)4/h5,7,9,16H,1,3,6,8,10H2,2,4H3. The molecule has 0 radical (unpaired) electrons. The molecule has 1 aromatic rings. The second-order valence-electron chi connectivity index (χ2n) is 5.65. The summed E-state index contributed by atoms with van der Waals surface area (Å²) in [5.74, 6) is -0.256. The molecule has 116 valence electrons. The molecule has 22 heavy (non-hydrogen) atoms. The van der Waals surface area contributed by atoms with Crippen LogP contribution in [0.5, 0.6) is 5.75 Å². The van der Waals surface area contributed by atoms with E-state index in [9.17, 15) is 9.59 Å². The molecule has 1 unspecified atom stereocenters. The van der Waals surface area contributed by atoms with Crippen LogP contribution >= 0.6 is 0 Å². The molecule has 0 bridgehead atoms. The largest absolute Gasteiger partial charge is 0.459 e. The number of ether oxygens (including phenoxy) is 2. The number of carbonyl (C=O) groups excluding carboxylic acids is 2. The number of fused-ring (bicyclic) bond motifs is 1. The zero-order valence-electron chi connectivity index (χ0n) is 13.0. The zero-order valence-corrected chi connectivity index (χ0v) is 13.0. The molecule has 4 nitrogen and oxygen atoms in total. The van der Waals surface area contributed by atoms with Crippen molar-refractivity contribution in [2.24, 2.45) is 0 Å². The Bertz CT molecular complexity index is 642. The molecule has 0 heterocycles. The van der Waals surface area contributed by atoms with E-state index in [0.717, 1.165) is 24.0 Å². The van der Waals surface area contributed by atoms with Gasteiger partial charge in [0.05, 0.1) is 0 Å². The summed E-state index contributed by atoms with van der Waals surface area (Å²) < 4.78 is 10.6. The fourth-order valence-corrected chi connectivity index (χ4v) is 2.31. The minimum atomic E-state index is -0.427. The Kier molecular flexibility index (Phi) is 4.81. The van der Waals surface area contributed by atoms with E-state index in [1.54, 1.807) is 19.9 Å². The summed E-state index contributed by atoms with van der Waals surface area (Å²) in [5, 5.41) is 0. The second-order valence-corrected chi connectivity index (χ2v) is 5.65. The number of benzene rings is 1. The Morgan fingerprint density at radius 3 is 2.41 bits per heavy atom. The third-order valence-corrected chi connectivity index (χ3v) is 3.54. The molecule has 2 rings (SSSR count). The number of aryl methyl sites for hydroxylation is 1. The summed E-state index contributed by atoms with van der Waals surface area (Å²) in [6.45, 7) is 10.4. The maximum atomic E-state index is 11.6. The first kappa shape index (κ1) is 16.0. The number of esters is 2. The number of rotatable bonds is 4. The average Bonchev–Trinajstić information content (AvgIpc) is 2.47. The molecule has 0 spiro atoms. The lowest BCUT2D eigenvalue weighted by Gasteiger charge is -2.25. The summed E-state index contributed by atoms with van der Waals surface area (Å²) >= 11 is 0. The highest BCUT2D eigenvalue weighted by Gasteiger charge is 2.22. The Morgan fingerprint density at radius 1 is 1.09 bits per heavy atom. The molecule has 1 aromatic carbocycles. The fraction of sp³-hybridized carbons (Fsp3) is 0.333. The minimum Gasteiger partial charge on any atom is -0.459 e. The van der Waals surface area contributed by atoms with Crippen LogP contribution in [0.1, 0.15) is 31.4 Å². The molecule has 0 N–H and O–H groups in total. The van der Waals surface area contributed by atoms with Crippen LogP contribution in [0.15, 0.2) is 42.5 Å². The van der Waals surface area contributed by atoms with Crippen LogP contribution in [0.3, 0.4) is 0 Å². The van der Waals surface area contributed by atoms with Crippen LogP contribution in [0.2, 0.25) is 0 Å². The van der Waals surface area contributed by atoms with E-state index in [1.165, 1.54) is 0 Å². The SMILES string of the molecule is C=C(C)C(=O)Oc1ccc2c(c1)CCC(OC(=O)C(=C)C)C2. The lowest BCUT2D eigenvalue weighted by Crippen LogP contribution is -2.25. The lowest BCUT2D eigenvalue weighted by atomic mass is 9.89. The summed E-state index contributed by atoms with van der Waals surface area (Å²) in [4.78, 5) is 23.1. The van der Waals surface area contributed by atoms with E-state index in [0.29, 0.717) is 23.3 Å². The first-order valence-corrected chi connectivity index (χ1v) is 7.23. The molecule has 0 saturated heterocycles. The molecule has 1 aliphatic carbocycles. The number of carbonyl (C=O) groups is 2. The topological polar surface area (TPSA) is 52.6 Å². The van der Waals surface area contributed by atoms with Gasteiger partial charge in [0.2, 0.25) is 0 Å². The van der Waals surface area contributed by atoms with Gasteiger partial charge < -0.3 is 9.47 Å². The van der Waals surface area contributed by atoms with Gasteiger partial charge >= 0.3 is 11.9 Å². The Hall–Kier alpha value is -2.36. The van der Waals surface area contributed by atoms with Gasteiger partial charge in [0, 0.05) is 17.6 Å². The van der Waals surface area contributed by atoms with Crippen LogP contribution in [0, 0.1) is 0 Å². The predicted molar refractivity (Wildman–Crippen MR) is 83.6 cm³/mol. The maximum absolute atomic E-state index is 11.6. The van der Waals surface area contributed by atoms with E-state index >= 15 is 0 Å². The third-order valence-electron chi connectivity index (χ3n) is 3.54. The van der Waals surface area contributed by atoms with Crippen molar-refractivity contribution < 1.29 is 19.1 Å². The summed E-state index contributed by atoms with van der Waals surface area (Å²) in [6, 6.07) is 5.53. The molecule has 0 aromatic heterocycles. The van der Waals surface area contributed by atoms with Crippen molar-refractivity contribution in [2.75, 3.05) is 0 Å². The maximum Gasteiger partial charge on any atom is 0.338 e. The van der Waals surface area contributed by atoms with Gasteiger partial charge in [-0.25, -0.2) is 9.59 Å². The highest BCUT2D eigenvalue weighted by atomic mass is 16.5. The van der Waals surface area contributed by atoms with Crippen LogP contribution in [-0.4, -0.2) is 18.0 Å². The van der Waals surface area contributed by atoms with Gasteiger partial charge in [0.25, 0.3) is 0 Å². The third kappa shape index (κ3) is 3.85. The molecule has 1 atom stereocenters. The van der Waals surface area contributed by atoms with Crippen molar-refractivity contribution in [3.8, 4) is 5.75 Å². The normalized spacial score (nSPS) is 16.4. The van der Waals surface area contributed by atoms with Gasteiger partial charge in [-0.3, -0.25) is 0 Å². The van der Waals surface area contributed by atoms with Crippen molar-refractivity contribution in [3.05, 3.63) is 53.6 Å². The second kappa shape index (κ2) is 6.60. The van der Waals surface area contributed by atoms with Crippen molar-refractivity contribution in [2.45, 2.75) is 39.2 Å². The molecule has 0 aliphatic heterocycles. The highest BCUT2D eigenvalue weighted by molar-refractivity contribution is 5.88. The van der Waals surface area contributed by atoms with Crippen LogP contribution in [-0.2, 0) is 27.2 Å². The summed E-state index contributed by atoms with van der Waals surface area (Å²) in [5.41, 5.74) is 3.01. The highest BCUT2D eigenvalue weighted by Crippen LogP contribution is 2.27. The van der Waals surface area contributed by atoms with E-state index in [4.69, 9.17) is 9.47 Å². The molecule has 0 fully saturated rings. The van der Waals surface area contributed by atoms with Crippen molar-refractivity contribution in [1.82, 2.24) is 0 Å². The monoisotopic (exact) mass is 300 g/mol. The molecule has 4 heteroatoms. The quantitative estimate of drug-likeness (QED) is 0.487. The first-order chi connectivity index (χ1) is 10.4. The molecule has 0 saturated carbocycles. The fourth-order valence-electron chi connectivity index (χ4n) is 2.31. The van der Waals surface area contributed by atoms with Crippen molar-refractivity contribution >= 4 is 11.9 Å². The van der Waals surface area contributed by atoms with Gasteiger partial charge in [0.15, 0.2) is 0 Å². The Labute approximate surface area is 130 Å². The van der Waals surface area contributed by atoms with E-state index in [1.807, 2.05) is 12.1 Å². The van der Waals surface area contributed by atoms with Gasteiger partial charge in [-0.1, -0.05) is 19.2 Å². The van der Waals surface area contributed by atoms with E-state index in [-0.39, 0.29) is 12.1 Å². The van der Waals surface area contributed by atoms with Gasteiger partial charge in [-0.05, 0) is 49.9 Å². The Balaban J connectivity index is 2.05. The molecule has 1 aliphatic rings. The van der Waals surface area contributed by atoms with E-state index < -0.39 is 5.97 Å². The molecule has 0 amide bonds. The van der Waals surface area contributed by atoms with Gasteiger partial charge in [-0.15, -0.1) is 0 Å². The van der Waals surface area contributed by atoms with Crippen LogP contribution in [0.4, 0.5) is 0 Å². The smallest absolute Gasteiger partial charge is 0.338 e. The zero-order chi connectivity index (χ0) is 16.3.